The lowest BCUT2D eigenvalue weighted by molar-refractivity contribution is -0.117. The molecule has 0 aliphatic carbocycles. The first kappa shape index (κ1) is 21.9. The lowest BCUT2D eigenvalue weighted by Crippen LogP contribution is -2.47. The summed E-state index contributed by atoms with van der Waals surface area (Å²) in [7, 11) is 0. The Morgan fingerprint density at radius 1 is 1.16 bits per heavy atom. The maximum atomic E-state index is 12.8. The van der Waals surface area contributed by atoms with E-state index in [1.54, 1.807) is 28.0 Å². The van der Waals surface area contributed by atoms with E-state index in [9.17, 15) is 19.6 Å². The second kappa shape index (κ2) is 9.07. The van der Waals surface area contributed by atoms with E-state index in [-0.39, 0.29) is 30.2 Å². The maximum absolute atomic E-state index is 12.8. The molecule has 31 heavy (non-hydrogen) atoms. The molecule has 0 radical (unpaired) electrons. The number of rotatable bonds is 4. The Morgan fingerprint density at radius 2 is 1.90 bits per heavy atom. The van der Waals surface area contributed by atoms with Gasteiger partial charge in [0.2, 0.25) is 5.91 Å². The van der Waals surface area contributed by atoms with Gasteiger partial charge in [0, 0.05) is 50.4 Å². The maximum Gasteiger partial charge on any atom is 0.261 e. The zero-order chi connectivity index (χ0) is 22.1. The number of hydrogen-bond acceptors (Lipinski definition) is 6. The first-order valence-corrected chi connectivity index (χ1v) is 11.6. The van der Waals surface area contributed by atoms with Crippen LogP contribution in [-0.2, 0) is 4.79 Å². The summed E-state index contributed by atoms with van der Waals surface area (Å²) in [5.41, 5.74) is 2.10. The number of hydrogen-bond donors (Lipinski definition) is 2. The predicted molar refractivity (Wildman–Crippen MR) is 121 cm³/mol. The Hall–Kier alpha value is -2.27. The van der Waals surface area contributed by atoms with E-state index in [4.69, 9.17) is 0 Å². The van der Waals surface area contributed by atoms with E-state index >= 15 is 0 Å². The number of piperazine rings is 1. The monoisotopic (exact) mass is 506 g/mol. The van der Waals surface area contributed by atoms with Gasteiger partial charge in [-0.25, -0.2) is 0 Å². The summed E-state index contributed by atoms with van der Waals surface area (Å²) in [6, 6.07) is 8.67. The van der Waals surface area contributed by atoms with E-state index < -0.39 is 0 Å². The zero-order valence-electron chi connectivity index (χ0n) is 17.0. The Bertz CT molecular complexity index is 1020. The van der Waals surface area contributed by atoms with Crippen molar-refractivity contribution in [1.82, 2.24) is 15.3 Å². The predicted octanol–water partition coefficient (Wildman–Crippen LogP) is 2.50. The molecule has 2 aliphatic rings. The number of nitrogens with zero attached hydrogens (tertiary/aromatic N) is 3. The molecule has 2 saturated heterocycles. The van der Waals surface area contributed by atoms with Crippen LogP contribution in [0.25, 0.3) is 0 Å². The van der Waals surface area contributed by atoms with Gasteiger partial charge in [-0.15, -0.1) is 11.3 Å². The van der Waals surface area contributed by atoms with E-state index in [2.05, 4.69) is 21.2 Å². The third kappa shape index (κ3) is 4.82. The van der Waals surface area contributed by atoms with Crippen LogP contribution in [0.1, 0.15) is 32.0 Å². The van der Waals surface area contributed by atoms with Crippen molar-refractivity contribution in [2.75, 3.05) is 37.6 Å². The molecule has 1 atom stereocenters. The summed E-state index contributed by atoms with van der Waals surface area (Å²) in [4.78, 5) is 41.8. The number of aryl methyl sites for hydroxylation is 1. The molecule has 2 aromatic rings. The molecule has 3 amide bonds. The Kier molecular flexibility index (Phi) is 6.42. The van der Waals surface area contributed by atoms with Gasteiger partial charge in [-0.2, -0.15) is 5.06 Å². The SMILES string of the molecule is Cc1cc(N2CC(NC(=O)c3ccc(Br)s3)CC2=O)ccc1C(=O)N1CCN(O)CC1. The van der Waals surface area contributed by atoms with Crippen molar-refractivity contribution in [2.45, 2.75) is 19.4 Å². The van der Waals surface area contributed by atoms with Crippen LogP contribution in [0.15, 0.2) is 34.1 Å². The normalized spacial score (nSPS) is 19.7. The number of anilines is 1. The summed E-state index contributed by atoms with van der Waals surface area (Å²) < 4.78 is 0.880. The zero-order valence-corrected chi connectivity index (χ0v) is 19.4. The Labute approximate surface area is 192 Å². The van der Waals surface area contributed by atoms with Gasteiger partial charge in [0.25, 0.3) is 11.8 Å². The highest BCUT2D eigenvalue weighted by Crippen LogP contribution is 2.26. The molecular weight excluding hydrogens is 484 g/mol. The molecule has 1 aromatic carbocycles. The number of halogens is 1. The topological polar surface area (TPSA) is 93.2 Å². The summed E-state index contributed by atoms with van der Waals surface area (Å²) >= 11 is 4.70. The molecule has 1 aromatic heterocycles. The molecule has 2 N–H and O–H groups in total. The van der Waals surface area contributed by atoms with Crippen LogP contribution in [0.2, 0.25) is 0 Å². The molecule has 4 rings (SSSR count). The third-order valence-corrected chi connectivity index (χ3v) is 7.18. The highest BCUT2D eigenvalue weighted by molar-refractivity contribution is 9.11. The van der Waals surface area contributed by atoms with Gasteiger partial charge in [0.15, 0.2) is 0 Å². The fourth-order valence-electron chi connectivity index (χ4n) is 3.87. The molecule has 2 aliphatic heterocycles. The van der Waals surface area contributed by atoms with E-state index in [0.717, 1.165) is 15.0 Å². The third-order valence-electron chi connectivity index (χ3n) is 5.55. The summed E-state index contributed by atoms with van der Waals surface area (Å²) in [5.74, 6) is -0.317. The number of benzene rings is 1. The first-order valence-electron chi connectivity index (χ1n) is 10.0. The van der Waals surface area contributed by atoms with Crippen LogP contribution in [0, 0.1) is 6.92 Å². The summed E-state index contributed by atoms with van der Waals surface area (Å²) in [6.07, 6.45) is 0.240. The molecule has 10 heteroatoms. The van der Waals surface area contributed by atoms with Crippen molar-refractivity contribution in [3.63, 3.8) is 0 Å². The van der Waals surface area contributed by atoms with Gasteiger partial charge < -0.3 is 20.3 Å². The number of carbonyl (C=O) groups is 3. The van der Waals surface area contributed by atoms with Crippen LogP contribution in [-0.4, -0.2) is 71.7 Å². The van der Waals surface area contributed by atoms with Crippen LogP contribution in [0.3, 0.4) is 0 Å². The number of hydroxylamine groups is 2. The van der Waals surface area contributed by atoms with Gasteiger partial charge in [-0.3, -0.25) is 14.4 Å². The van der Waals surface area contributed by atoms with Crippen molar-refractivity contribution in [3.05, 3.63) is 50.1 Å². The molecule has 164 valence electrons. The second-order valence-corrected chi connectivity index (χ2v) is 10.2. The second-order valence-electron chi connectivity index (χ2n) is 7.73. The minimum atomic E-state index is -0.266. The van der Waals surface area contributed by atoms with Gasteiger partial charge >= 0.3 is 0 Å². The summed E-state index contributed by atoms with van der Waals surface area (Å²) in [5, 5.41) is 13.6. The van der Waals surface area contributed by atoms with Crippen LogP contribution in [0.4, 0.5) is 5.69 Å². The molecule has 2 fully saturated rings. The van der Waals surface area contributed by atoms with Crippen LogP contribution < -0.4 is 10.2 Å². The number of amides is 3. The van der Waals surface area contributed by atoms with Gasteiger partial charge in [-0.05, 0) is 58.7 Å². The Balaban J connectivity index is 1.42. The number of carbonyl (C=O) groups excluding carboxylic acids is 3. The lowest BCUT2D eigenvalue weighted by atomic mass is 10.1. The molecule has 3 heterocycles. The van der Waals surface area contributed by atoms with Crippen LogP contribution in [0.5, 0.6) is 0 Å². The van der Waals surface area contributed by atoms with Gasteiger partial charge in [-0.1, -0.05) is 0 Å². The standard InChI is InChI=1S/C21H23BrN4O4S/c1-13-10-15(2-3-16(13)21(29)24-6-8-25(30)9-7-24)26-12-14(11-19(26)27)23-20(28)17-4-5-18(22)31-17/h2-5,10,14,30H,6-9,11-12H2,1H3,(H,23,28). The van der Waals surface area contributed by atoms with Crippen molar-refractivity contribution in [1.29, 1.82) is 0 Å². The largest absolute Gasteiger partial charge is 0.346 e. The van der Waals surface area contributed by atoms with E-state index in [1.165, 1.54) is 16.4 Å². The molecular formula is C21H23BrN4O4S. The average Bonchev–Trinajstić information content (AvgIpc) is 3.33. The molecule has 8 nitrogen and oxygen atoms in total. The molecule has 0 spiro atoms. The van der Waals surface area contributed by atoms with Crippen molar-refractivity contribution in [2.24, 2.45) is 0 Å². The van der Waals surface area contributed by atoms with E-state index in [0.29, 0.717) is 43.2 Å². The lowest BCUT2D eigenvalue weighted by Gasteiger charge is -2.31. The average molecular weight is 507 g/mol. The van der Waals surface area contributed by atoms with Crippen molar-refractivity contribution < 1.29 is 19.6 Å². The van der Waals surface area contributed by atoms with Crippen molar-refractivity contribution >= 4 is 50.7 Å². The number of nitrogens with one attached hydrogen (secondary N) is 1. The molecule has 0 saturated carbocycles. The van der Waals surface area contributed by atoms with Gasteiger partial charge in [0.1, 0.15) is 0 Å². The van der Waals surface area contributed by atoms with Gasteiger partial charge in [0.05, 0.1) is 14.7 Å². The first-order chi connectivity index (χ1) is 14.8. The fourth-order valence-corrected chi connectivity index (χ4v) is 5.16. The number of thiophene rings is 1. The van der Waals surface area contributed by atoms with Crippen LogP contribution >= 0.6 is 27.3 Å². The summed E-state index contributed by atoms with van der Waals surface area (Å²) in [6.45, 7) is 4.06. The fraction of sp³-hybridized carbons (Fsp3) is 0.381. The highest BCUT2D eigenvalue weighted by Gasteiger charge is 2.32. The van der Waals surface area contributed by atoms with Crippen molar-refractivity contribution in [3.8, 4) is 0 Å². The highest BCUT2D eigenvalue weighted by atomic mass is 79.9. The smallest absolute Gasteiger partial charge is 0.261 e. The Morgan fingerprint density at radius 3 is 2.55 bits per heavy atom. The molecule has 1 unspecified atom stereocenters. The van der Waals surface area contributed by atoms with E-state index in [1.807, 2.05) is 19.1 Å². The quantitative estimate of drug-likeness (QED) is 0.664. The molecule has 0 bridgehead atoms. The minimum absolute atomic E-state index is 0.0600. The minimum Gasteiger partial charge on any atom is -0.346 e.